The van der Waals surface area contributed by atoms with E-state index in [0.717, 1.165) is 5.65 Å². The number of halogens is 1. The summed E-state index contributed by atoms with van der Waals surface area (Å²) in [6.45, 7) is 2.30. The van der Waals surface area contributed by atoms with Crippen LogP contribution < -0.4 is 4.74 Å². The van der Waals surface area contributed by atoms with Crippen LogP contribution in [0.4, 0.5) is 0 Å². The lowest BCUT2D eigenvalue weighted by molar-refractivity contribution is 0.307. The van der Waals surface area contributed by atoms with Crippen molar-refractivity contribution in [1.29, 1.82) is 0 Å². The number of nitrogens with zero attached hydrogens (tertiary/aromatic N) is 6. The maximum Gasteiger partial charge on any atom is 0.321 e. The first-order valence-corrected chi connectivity index (χ1v) is 6.97. The summed E-state index contributed by atoms with van der Waals surface area (Å²) in [6.07, 6.45) is 1.86. The molecule has 0 unspecified atom stereocenters. The maximum atomic E-state index is 5.85. The Hall–Kier alpha value is -1.93. The number of aromatic nitrogens is 6. The van der Waals surface area contributed by atoms with Gasteiger partial charge in [-0.3, -0.25) is 4.40 Å². The van der Waals surface area contributed by atoms with Crippen molar-refractivity contribution in [3.8, 4) is 6.01 Å². The van der Waals surface area contributed by atoms with Gasteiger partial charge in [-0.1, -0.05) is 6.07 Å². The van der Waals surface area contributed by atoms with E-state index in [2.05, 4.69) is 25.1 Å². The molecule has 3 aromatic heterocycles. The topological polar surface area (TPSA) is 78.1 Å². The summed E-state index contributed by atoms with van der Waals surface area (Å²) in [5.74, 6) is 0. The van der Waals surface area contributed by atoms with Gasteiger partial charge in [0.1, 0.15) is 0 Å². The third kappa shape index (κ3) is 2.66. The fourth-order valence-corrected chi connectivity index (χ4v) is 2.48. The summed E-state index contributed by atoms with van der Waals surface area (Å²) in [5.41, 5.74) is 0.750. The van der Waals surface area contributed by atoms with Crippen LogP contribution in [0.1, 0.15) is 6.92 Å². The van der Waals surface area contributed by atoms with Crippen LogP contribution in [0, 0.1) is 0 Å². The predicted molar refractivity (Wildman–Crippen MR) is 73.1 cm³/mol. The van der Waals surface area contributed by atoms with Crippen LogP contribution in [-0.4, -0.2) is 36.2 Å². The number of hydrogen-bond acceptors (Lipinski definition) is 7. The van der Waals surface area contributed by atoms with E-state index in [9.17, 15) is 0 Å². The van der Waals surface area contributed by atoms with Crippen molar-refractivity contribution in [2.75, 3.05) is 6.61 Å². The Kier molecular flexibility index (Phi) is 3.66. The lowest BCUT2D eigenvalue weighted by Gasteiger charge is -2.03. The van der Waals surface area contributed by atoms with Crippen LogP contribution >= 0.6 is 23.4 Å². The zero-order valence-electron chi connectivity index (χ0n) is 10.4. The SMILES string of the molecule is CCOc1nc(Cl)nc(Sc2nnc3ccccn23)n1. The summed E-state index contributed by atoms with van der Waals surface area (Å²) in [7, 11) is 0. The highest BCUT2D eigenvalue weighted by atomic mass is 35.5. The Balaban J connectivity index is 1.94. The van der Waals surface area contributed by atoms with Gasteiger partial charge in [0.15, 0.2) is 5.65 Å². The van der Waals surface area contributed by atoms with Crippen LogP contribution in [0.5, 0.6) is 6.01 Å². The Bertz CT molecular complexity index is 749. The van der Waals surface area contributed by atoms with Gasteiger partial charge in [-0.15, -0.1) is 10.2 Å². The highest BCUT2D eigenvalue weighted by Gasteiger charge is 2.12. The summed E-state index contributed by atoms with van der Waals surface area (Å²) in [4.78, 5) is 12.1. The third-order valence-corrected chi connectivity index (χ3v) is 3.30. The smallest absolute Gasteiger partial charge is 0.321 e. The lowest BCUT2D eigenvalue weighted by atomic mass is 10.5. The number of hydrogen-bond donors (Lipinski definition) is 0. The molecule has 20 heavy (non-hydrogen) atoms. The maximum absolute atomic E-state index is 5.85. The molecular weight excluding hydrogens is 300 g/mol. The first kappa shape index (κ1) is 13.1. The molecular formula is C11H9ClN6OS. The van der Waals surface area contributed by atoms with E-state index in [1.807, 2.05) is 35.7 Å². The van der Waals surface area contributed by atoms with E-state index in [0.29, 0.717) is 16.9 Å². The van der Waals surface area contributed by atoms with Crippen molar-refractivity contribution in [2.45, 2.75) is 17.2 Å². The molecule has 102 valence electrons. The van der Waals surface area contributed by atoms with Crippen molar-refractivity contribution < 1.29 is 4.74 Å². The van der Waals surface area contributed by atoms with E-state index < -0.39 is 0 Å². The predicted octanol–water partition coefficient (Wildman–Crippen LogP) is 2.12. The van der Waals surface area contributed by atoms with Crippen molar-refractivity contribution >= 4 is 29.0 Å². The second kappa shape index (κ2) is 5.59. The van der Waals surface area contributed by atoms with Gasteiger partial charge in [0.05, 0.1) is 6.61 Å². The molecule has 0 aliphatic heterocycles. The van der Waals surface area contributed by atoms with Gasteiger partial charge in [0, 0.05) is 6.20 Å². The molecule has 3 heterocycles. The summed E-state index contributed by atoms with van der Waals surface area (Å²) < 4.78 is 7.07. The molecule has 3 rings (SSSR count). The van der Waals surface area contributed by atoms with Gasteiger partial charge in [0.25, 0.3) is 0 Å². The molecule has 0 bridgehead atoms. The highest BCUT2D eigenvalue weighted by Crippen LogP contribution is 2.25. The van der Waals surface area contributed by atoms with E-state index >= 15 is 0 Å². The molecule has 0 saturated carbocycles. The first-order valence-electron chi connectivity index (χ1n) is 5.78. The monoisotopic (exact) mass is 308 g/mol. The number of ether oxygens (including phenoxy) is 1. The minimum atomic E-state index is 0.0831. The van der Waals surface area contributed by atoms with Gasteiger partial charge in [-0.25, -0.2) is 0 Å². The fourth-order valence-electron chi connectivity index (χ4n) is 1.52. The van der Waals surface area contributed by atoms with Crippen molar-refractivity contribution in [3.63, 3.8) is 0 Å². The standard InChI is InChI=1S/C11H9ClN6OS/c1-2-19-9-13-8(12)14-10(15-9)20-11-17-16-7-5-3-4-6-18(7)11/h3-6H,2H2,1H3. The molecule has 0 atom stereocenters. The van der Waals surface area contributed by atoms with Crippen molar-refractivity contribution in [2.24, 2.45) is 0 Å². The van der Waals surface area contributed by atoms with E-state index in [1.165, 1.54) is 11.8 Å². The largest absolute Gasteiger partial charge is 0.464 e. The van der Waals surface area contributed by atoms with Crippen LogP contribution in [-0.2, 0) is 0 Å². The second-order valence-corrected chi connectivity index (χ2v) is 4.89. The summed E-state index contributed by atoms with van der Waals surface area (Å²) in [5, 5.41) is 9.28. The number of fused-ring (bicyclic) bond motifs is 1. The molecule has 0 radical (unpaired) electrons. The van der Waals surface area contributed by atoms with Gasteiger partial charge < -0.3 is 4.74 Å². The van der Waals surface area contributed by atoms with Crippen LogP contribution in [0.15, 0.2) is 34.7 Å². The lowest BCUT2D eigenvalue weighted by Crippen LogP contribution is -2.01. The normalized spacial score (nSPS) is 10.9. The van der Waals surface area contributed by atoms with E-state index in [-0.39, 0.29) is 11.3 Å². The fraction of sp³-hybridized carbons (Fsp3) is 0.182. The Morgan fingerprint density at radius 3 is 3.00 bits per heavy atom. The molecule has 0 saturated heterocycles. The molecule has 0 aliphatic carbocycles. The molecule has 0 N–H and O–H groups in total. The molecule has 9 heteroatoms. The average Bonchev–Trinajstić information content (AvgIpc) is 2.82. The second-order valence-electron chi connectivity index (χ2n) is 3.62. The minimum Gasteiger partial charge on any atom is -0.464 e. The minimum absolute atomic E-state index is 0.0831. The van der Waals surface area contributed by atoms with E-state index in [4.69, 9.17) is 16.3 Å². The van der Waals surface area contributed by atoms with Crippen LogP contribution in [0.3, 0.4) is 0 Å². The molecule has 0 fully saturated rings. The van der Waals surface area contributed by atoms with Gasteiger partial charge >= 0.3 is 6.01 Å². The Labute approximate surface area is 123 Å². The van der Waals surface area contributed by atoms with Gasteiger partial charge in [-0.2, -0.15) is 15.0 Å². The summed E-state index contributed by atoms with van der Waals surface area (Å²) in [6, 6.07) is 5.85. The molecule has 0 amide bonds. The number of pyridine rings is 1. The molecule has 0 spiro atoms. The zero-order chi connectivity index (χ0) is 13.9. The first-order chi connectivity index (χ1) is 9.76. The molecule has 0 aromatic carbocycles. The van der Waals surface area contributed by atoms with E-state index in [1.54, 1.807) is 0 Å². The summed E-state index contributed by atoms with van der Waals surface area (Å²) >= 11 is 7.09. The molecule has 3 aromatic rings. The Morgan fingerprint density at radius 2 is 2.15 bits per heavy atom. The van der Waals surface area contributed by atoms with Crippen LogP contribution in [0.2, 0.25) is 5.28 Å². The third-order valence-electron chi connectivity index (χ3n) is 2.31. The number of rotatable bonds is 4. The van der Waals surface area contributed by atoms with Crippen molar-refractivity contribution in [3.05, 3.63) is 29.7 Å². The van der Waals surface area contributed by atoms with Gasteiger partial charge in [0.2, 0.25) is 15.6 Å². The molecule has 0 aliphatic rings. The average molecular weight is 309 g/mol. The Morgan fingerprint density at radius 1 is 1.25 bits per heavy atom. The van der Waals surface area contributed by atoms with Crippen molar-refractivity contribution in [1.82, 2.24) is 29.5 Å². The quantitative estimate of drug-likeness (QED) is 0.730. The van der Waals surface area contributed by atoms with Crippen LogP contribution in [0.25, 0.3) is 5.65 Å². The highest BCUT2D eigenvalue weighted by molar-refractivity contribution is 7.99. The molecule has 7 nitrogen and oxygen atoms in total. The van der Waals surface area contributed by atoms with Gasteiger partial charge in [-0.05, 0) is 42.4 Å². The zero-order valence-corrected chi connectivity index (χ0v) is 12.0.